The number of nitrogens with one attached hydrogen (secondary N) is 1. The maximum atomic E-state index is 12.3. The van der Waals surface area contributed by atoms with Crippen LogP contribution in [-0.2, 0) is 16.8 Å². The first-order valence-corrected chi connectivity index (χ1v) is 8.64. The molecule has 0 spiro atoms. The van der Waals surface area contributed by atoms with Crippen LogP contribution < -0.4 is 4.72 Å². The summed E-state index contributed by atoms with van der Waals surface area (Å²) in [6, 6.07) is 2.08. The van der Waals surface area contributed by atoms with Crippen molar-refractivity contribution in [1.82, 2.24) is 14.0 Å². The molecule has 2 bridgehead atoms. The lowest BCUT2D eigenvalue weighted by Crippen LogP contribution is -2.44. The first-order chi connectivity index (χ1) is 9.04. The molecular formula is C12H16BrN3O2S. The number of hydrogen-bond acceptors (Lipinski definition) is 3. The molecule has 104 valence electrons. The molecule has 1 aromatic heterocycles. The quantitative estimate of drug-likeness (QED) is 0.902. The number of pyridine rings is 1. The molecule has 2 fully saturated rings. The van der Waals surface area contributed by atoms with E-state index in [-0.39, 0.29) is 12.6 Å². The van der Waals surface area contributed by atoms with Gasteiger partial charge in [-0.25, -0.2) is 0 Å². The molecule has 1 aliphatic carbocycles. The van der Waals surface area contributed by atoms with Crippen LogP contribution >= 0.6 is 15.9 Å². The molecule has 0 aromatic carbocycles. The van der Waals surface area contributed by atoms with E-state index >= 15 is 0 Å². The Labute approximate surface area is 121 Å². The van der Waals surface area contributed by atoms with Crippen molar-refractivity contribution in [1.29, 1.82) is 0 Å². The van der Waals surface area contributed by atoms with Crippen LogP contribution in [0, 0.1) is 5.92 Å². The molecule has 3 rings (SSSR count). The highest BCUT2D eigenvalue weighted by Crippen LogP contribution is 2.38. The molecular weight excluding hydrogens is 330 g/mol. The van der Waals surface area contributed by atoms with Crippen molar-refractivity contribution in [3.63, 3.8) is 0 Å². The van der Waals surface area contributed by atoms with Gasteiger partial charge in [-0.1, -0.05) is 0 Å². The molecule has 1 N–H and O–H groups in total. The summed E-state index contributed by atoms with van der Waals surface area (Å²) < 4.78 is 29.7. The predicted molar refractivity (Wildman–Crippen MR) is 75.5 cm³/mol. The number of nitrogens with zero attached hydrogens (tertiary/aromatic N) is 2. The van der Waals surface area contributed by atoms with Crippen LogP contribution in [0.2, 0.25) is 0 Å². The standard InChI is InChI=1S/C12H16BrN3O2S/c13-11-3-10(5-14-7-11)6-15-19(17,18)16-8-9-1-2-12(16)4-9/h3,5,7,9,12,15H,1-2,4,6,8H2. The summed E-state index contributed by atoms with van der Waals surface area (Å²) in [4.78, 5) is 4.03. The number of hydrogen-bond donors (Lipinski definition) is 1. The van der Waals surface area contributed by atoms with Crippen LogP contribution in [0.5, 0.6) is 0 Å². The number of piperidine rings is 1. The zero-order valence-electron chi connectivity index (χ0n) is 10.4. The van der Waals surface area contributed by atoms with Crippen LogP contribution in [0.1, 0.15) is 24.8 Å². The average molecular weight is 346 g/mol. The van der Waals surface area contributed by atoms with E-state index in [1.54, 1.807) is 16.7 Å². The van der Waals surface area contributed by atoms with Crippen LogP contribution in [0.3, 0.4) is 0 Å². The Morgan fingerprint density at radius 2 is 2.26 bits per heavy atom. The molecule has 1 aromatic rings. The van der Waals surface area contributed by atoms with Crippen molar-refractivity contribution < 1.29 is 8.42 Å². The van der Waals surface area contributed by atoms with Crippen molar-refractivity contribution in [2.75, 3.05) is 6.54 Å². The van der Waals surface area contributed by atoms with Gasteiger partial charge in [-0.3, -0.25) is 4.98 Å². The average Bonchev–Trinajstić information content (AvgIpc) is 2.99. The Balaban J connectivity index is 1.66. The highest BCUT2D eigenvalue weighted by Gasteiger charge is 2.43. The molecule has 5 nitrogen and oxygen atoms in total. The lowest BCUT2D eigenvalue weighted by Gasteiger charge is -2.26. The third kappa shape index (κ3) is 2.84. The fraction of sp³-hybridized carbons (Fsp3) is 0.583. The van der Waals surface area contributed by atoms with E-state index in [0.29, 0.717) is 12.5 Å². The van der Waals surface area contributed by atoms with Gasteiger partial charge in [-0.05, 0) is 52.7 Å². The Morgan fingerprint density at radius 1 is 1.42 bits per heavy atom. The van der Waals surface area contributed by atoms with Gasteiger partial charge in [-0.15, -0.1) is 0 Å². The molecule has 2 unspecified atom stereocenters. The molecule has 2 aliphatic rings. The predicted octanol–water partition coefficient (Wildman–Crippen LogP) is 1.66. The second-order valence-corrected chi connectivity index (χ2v) is 7.86. The monoisotopic (exact) mass is 345 g/mol. The molecule has 1 saturated carbocycles. The van der Waals surface area contributed by atoms with Crippen molar-refractivity contribution in [3.05, 3.63) is 28.5 Å². The van der Waals surface area contributed by atoms with Crippen LogP contribution in [0.4, 0.5) is 0 Å². The fourth-order valence-corrected chi connectivity index (χ4v) is 4.90. The van der Waals surface area contributed by atoms with E-state index in [0.717, 1.165) is 22.9 Å². The van der Waals surface area contributed by atoms with Gasteiger partial charge in [0.05, 0.1) is 0 Å². The molecule has 7 heteroatoms. The fourth-order valence-electron chi connectivity index (χ4n) is 2.98. The minimum absolute atomic E-state index is 0.211. The summed E-state index contributed by atoms with van der Waals surface area (Å²) in [5.41, 5.74) is 0.849. The van der Waals surface area contributed by atoms with Gasteiger partial charge in [0.2, 0.25) is 0 Å². The lowest BCUT2D eigenvalue weighted by molar-refractivity contribution is 0.328. The Hall–Kier alpha value is -0.500. The minimum atomic E-state index is -3.36. The van der Waals surface area contributed by atoms with Crippen molar-refractivity contribution in [2.24, 2.45) is 5.92 Å². The zero-order chi connectivity index (χ0) is 13.5. The lowest BCUT2D eigenvalue weighted by atomic mass is 10.1. The Bertz CT molecular complexity index is 578. The molecule has 0 amide bonds. The zero-order valence-corrected chi connectivity index (χ0v) is 12.8. The number of aromatic nitrogens is 1. The van der Waals surface area contributed by atoms with E-state index in [1.165, 1.54) is 6.42 Å². The van der Waals surface area contributed by atoms with Crippen LogP contribution in [0.15, 0.2) is 22.9 Å². The number of fused-ring (bicyclic) bond motifs is 2. The van der Waals surface area contributed by atoms with Gasteiger partial charge in [0.1, 0.15) is 0 Å². The van der Waals surface area contributed by atoms with Gasteiger partial charge in [0, 0.05) is 36.0 Å². The molecule has 2 atom stereocenters. The van der Waals surface area contributed by atoms with Gasteiger partial charge >= 0.3 is 0 Å². The summed E-state index contributed by atoms with van der Waals surface area (Å²) >= 11 is 3.33. The molecule has 19 heavy (non-hydrogen) atoms. The molecule has 1 saturated heterocycles. The van der Waals surface area contributed by atoms with Crippen molar-refractivity contribution >= 4 is 26.1 Å². The highest BCUT2D eigenvalue weighted by atomic mass is 79.9. The Kier molecular flexibility index (Phi) is 3.63. The van der Waals surface area contributed by atoms with E-state index in [9.17, 15) is 8.42 Å². The largest absolute Gasteiger partial charge is 0.280 e. The first-order valence-electron chi connectivity index (χ1n) is 6.40. The second-order valence-electron chi connectivity index (χ2n) is 5.24. The molecule has 1 aliphatic heterocycles. The molecule has 2 heterocycles. The van der Waals surface area contributed by atoms with E-state index in [4.69, 9.17) is 0 Å². The minimum Gasteiger partial charge on any atom is -0.263 e. The van der Waals surface area contributed by atoms with Crippen LogP contribution in [0.25, 0.3) is 0 Å². The van der Waals surface area contributed by atoms with E-state index in [1.807, 2.05) is 6.07 Å². The Morgan fingerprint density at radius 3 is 2.89 bits per heavy atom. The SMILES string of the molecule is O=S(=O)(NCc1cncc(Br)c1)N1CC2CCC1C2. The third-order valence-corrected chi connectivity index (χ3v) is 5.90. The number of rotatable bonds is 4. The van der Waals surface area contributed by atoms with Gasteiger partial charge in [0.25, 0.3) is 10.2 Å². The smallest absolute Gasteiger partial charge is 0.263 e. The second kappa shape index (κ2) is 5.12. The van der Waals surface area contributed by atoms with Crippen molar-refractivity contribution in [3.8, 4) is 0 Å². The van der Waals surface area contributed by atoms with E-state index < -0.39 is 10.2 Å². The normalized spacial score (nSPS) is 27.0. The third-order valence-electron chi connectivity index (χ3n) is 3.89. The topological polar surface area (TPSA) is 62.3 Å². The molecule has 0 radical (unpaired) electrons. The maximum absolute atomic E-state index is 12.3. The van der Waals surface area contributed by atoms with Gasteiger partial charge in [-0.2, -0.15) is 17.4 Å². The summed E-state index contributed by atoms with van der Waals surface area (Å²) in [6.45, 7) is 0.958. The van der Waals surface area contributed by atoms with Crippen LogP contribution in [-0.4, -0.2) is 30.3 Å². The van der Waals surface area contributed by atoms with Crippen molar-refractivity contribution in [2.45, 2.75) is 31.8 Å². The first kappa shape index (κ1) is 13.5. The highest BCUT2D eigenvalue weighted by molar-refractivity contribution is 9.10. The maximum Gasteiger partial charge on any atom is 0.280 e. The summed E-state index contributed by atoms with van der Waals surface area (Å²) in [5, 5.41) is 0. The van der Waals surface area contributed by atoms with Gasteiger partial charge < -0.3 is 0 Å². The summed E-state index contributed by atoms with van der Waals surface area (Å²) in [7, 11) is -3.36. The van der Waals surface area contributed by atoms with E-state index in [2.05, 4.69) is 25.6 Å². The summed E-state index contributed by atoms with van der Waals surface area (Å²) in [5.74, 6) is 0.564. The van der Waals surface area contributed by atoms with Gasteiger partial charge in [0.15, 0.2) is 0 Å². The summed E-state index contributed by atoms with van der Waals surface area (Å²) in [6.07, 6.45) is 6.55. The number of halogens is 1.